The van der Waals surface area contributed by atoms with Crippen LogP contribution in [-0.2, 0) is 10.0 Å². The summed E-state index contributed by atoms with van der Waals surface area (Å²) in [6.07, 6.45) is 0. The van der Waals surface area contributed by atoms with Crippen LogP contribution >= 0.6 is 0 Å². The van der Waals surface area contributed by atoms with Crippen molar-refractivity contribution in [2.75, 3.05) is 4.72 Å². The SMILES string of the molecule is O=C(O)c1ccc(NS(=O)(=O)c2ccccc2F)c(F)c1. The van der Waals surface area contributed by atoms with E-state index in [1.807, 2.05) is 4.72 Å². The highest BCUT2D eigenvalue weighted by atomic mass is 32.2. The van der Waals surface area contributed by atoms with Crippen molar-refractivity contribution in [2.24, 2.45) is 0 Å². The molecular formula is C13H9F2NO4S. The van der Waals surface area contributed by atoms with Crippen molar-refractivity contribution in [3.05, 3.63) is 59.7 Å². The zero-order valence-corrected chi connectivity index (χ0v) is 11.2. The average Bonchev–Trinajstić information content (AvgIpc) is 2.41. The van der Waals surface area contributed by atoms with Gasteiger partial charge in [0.1, 0.15) is 16.5 Å². The van der Waals surface area contributed by atoms with Crippen molar-refractivity contribution in [1.29, 1.82) is 0 Å². The lowest BCUT2D eigenvalue weighted by atomic mass is 10.2. The molecule has 0 radical (unpaired) electrons. The Kier molecular flexibility index (Phi) is 3.90. The fourth-order valence-electron chi connectivity index (χ4n) is 1.59. The Hall–Kier alpha value is -2.48. The molecule has 0 bridgehead atoms. The van der Waals surface area contributed by atoms with E-state index in [1.54, 1.807) is 0 Å². The van der Waals surface area contributed by atoms with Crippen molar-refractivity contribution in [3.8, 4) is 0 Å². The molecule has 21 heavy (non-hydrogen) atoms. The van der Waals surface area contributed by atoms with Crippen LogP contribution in [0.4, 0.5) is 14.5 Å². The molecule has 0 heterocycles. The maximum absolute atomic E-state index is 13.7. The van der Waals surface area contributed by atoms with Crippen molar-refractivity contribution in [3.63, 3.8) is 0 Å². The van der Waals surface area contributed by atoms with Crippen LogP contribution in [0.5, 0.6) is 0 Å². The summed E-state index contributed by atoms with van der Waals surface area (Å²) in [4.78, 5) is 10.0. The third-order valence-corrected chi connectivity index (χ3v) is 3.99. The second-order valence-electron chi connectivity index (χ2n) is 4.04. The fourth-order valence-corrected chi connectivity index (χ4v) is 2.74. The largest absolute Gasteiger partial charge is 0.478 e. The molecule has 0 aliphatic carbocycles. The van der Waals surface area contributed by atoms with Gasteiger partial charge in [0.2, 0.25) is 0 Å². The third-order valence-electron chi connectivity index (χ3n) is 2.59. The normalized spacial score (nSPS) is 11.1. The van der Waals surface area contributed by atoms with Gasteiger partial charge in [0.05, 0.1) is 11.3 Å². The van der Waals surface area contributed by atoms with Crippen LogP contribution in [0.15, 0.2) is 47.4 Å². The highest BCUT2D eigenvalue weighted by Gasteiger charge is 2.20. The molecule has 0 saturated carbocycles. The van der Waals surface area contributed by atoms with E-state index in [0.29, 0.717) is 6.07 Å². The van der Waals surface area contributed by atoms with E-state index >= 15 is 0 Å². The number of aromatic carboxylic acids is 1. The molecule has 0 aliphatic heterocycles. The van der Waals surface area contributed by atoms with Crippen LogP contribution in [0.3, 0.4) is 0 Å². The minimum absolute atomic E-state index is 0.332. The molecule has 0 aromatic heterocycles. The van der Waals surface area contributed by atoms with E-state index in [0.717, 1.165) is 24.3 Å². The summed E-state index contributed by atoms with van der Waals surface area (Å²) in [7, 11) is -4.31. The number of sulfonamides is 1. The maximum Gasteiger partial charge on any atom is 0.335 e. The smallest absolute Gasteiger partial charge is 0.335 e. The van der Waals surface area contributed by atoms with Gasteiger partial charge in [-0.25, -0.2) is 22.0 Å². The number of carbonyl (C=O) groups is 1. The summed E-state index contributed by atoms with van der Waals surface area (Å²) in [5.41, 5.74) is -0.801. The lowest BCUT2D eigenvalue weighted by molar-refractivity contribution is 0.0696. The quantitative estimate of drug-likeness (QED) is 0.908. The molecule has 2 rings (SSSR count). The number of carboxylic acids is 1. The first-order chi connectivity index (χ1) is 9.81. The number of halogens is 2. The molecular weight excluding hydrogens is 304 g/mol. The van der Waals surface area contributed by atoms with Crippen molar-refractivity contribution in [1.82, 2.24) is 0 Å². The molecule has 5 nitrogen and oxygen atoms in total. The van der Waals surface area contributed by atoms with Gasteiger partial charge in [-0.2, -0.15) is 0 Å². The standard InChI is InChI=1S/C13H9F2NO4S/c14-9-3-1-2-4-12(9)21(19,20)16-11-6-5-8(13(17)18)7-10(11)15/h1-7,16H,(H,17,18). The Bertz CT molecular complexity index is 806. The molecule has 8 heteroatoms. The number of hydrogen-bond acceptors (Lipinski definition) is 3. The van der Waals surface area contributed by atoms with Crippen LogP contribution in [0, 0.1) is 11.6 Å². The fraction of sp³-hybridized carbons (Fsp3) is 0. The Morgan fingerprint density at radius 2 is 1.71 bits per heavy atom. The highest BCUT2D eigenvalue weighted by Crippen LogP contribution is 2.21. The van der Waals surface area contributed by atoms with E-state index in [2.05, 4.69) is 0 Å². The monoisotopic (exact) mass is 313 g/mol. The lowest BCUT2D eigenvalue weighted by Gasteiger charge is -2.10. The van der Waals surface area contributed by atoms with Gasteiger partial charge in [0.15, 0.2) is 0 Å². The summed E-state index contributed by atoms with van der Waals surface area (Å²) < 4.78 is 52.9. The van der Waals surface area contributed by atoms with E-state index in [9.17, 15) is 22.0 Å². The Balaban J connectivity index is 2.38. The molecule has 0 aliphatic rings. The summed E-state index contributed by atoms with van der Waals surface area (Å²) >= 11 is 0. The average molecular weight is 313 g/mol. The van der Waals surface area contributed by atoms with Gasteiger partial charge in [-0.1, -0.05) is 12.1 Å². The molecule has 2 N–H and O–H groups in total. The third kappa shape index (κ3) is 3.16. The topological polar surface area (TPSA) is 83.5 Å². The first-order valence-electron chi connectivity index (χ1n) is 5.61. The van der Waals surface area contributed by atoms with Gasteiger partial charge in [-0.3, -0.25) is 4.72 Å². The van der Waals surface area contributed by atoms with Crippen LogP contribution in [0.25, 0.3) is 0 Å². The molecule has 2 aromatic carbocycles. The second-order valence-corrected chi connectivity index (χ2v) is 5.69. The summed E-state index contributed by atoms with van der Waals surface area (Å²) in [6.45, 7) is 0. The second kappa shape index (κ2) is 5.49. The Morgan fingerprint density at radius 1 is 1.05 bits per heavy atom. The van der Waals surface area contributed by atoms with Gasteiger partial charge >= 0.3 is 5.97 Å². The van der Waals surface area contributed by atoms with E-state index in [1.165, 1.54) is 12.1 Å². The van der Waals surface area contributed by atoms with Gasteiger partial charge in [-0.05, 0) is 30.3 Å². The molecule has 0 spiro atoms. The van der Waals surface area contributed by atoms with Crippen LogP contribution < -0.4 is 4.72 Å². The van der Waals surface area contributed by atoms with Crippen molar-refractivity contribution >= 4 is 21.7 Å². The maximum atomic E-state index is 13.7. The first-order valence-corrected chi connectivity index (χ1v) is 7.10. The van der Waals surface area contributed by atoms with E-state index < -0.39 is 38.2 Å². The van der Waals surface area contributed by atoms with E-state index in [-0.39, 0.29) is 5.56 Å². The molecule has 0 fully saturated rings. The highest BCUT2D eigenvalue weighted by molar-refractivity contribution is 7.92. The van der Waals surface area contributed by atoms with Crippen LogP contribution in [0.2, 0.25) is 0 Å². The summed E-state index contributed by atoms with van der Waals surface area (Å²) in [5, 5.41) is 8.69. The molecule has 0 amide bonds. The zero-order chi connectivity index (χ0) is 15.6. The van der Waals surface area contributed by atoms with Gasteiger partial charge in [0.25, 0.3) is 10.0 Å². The first kappa shape index (κ1) is 14.9. The van der Waals surface area contributed by atoms with Crippen LogP contribution in [-0.4, -0.2) is 19.5 Å². The molecule has 0 atom stereocenters. The van der Waals surface area contributed by atoms with Gasteiger partial charge in [0, 0.05) is 0 Å². The van der Waals surface area contributed by atoms with Crippen LogP contribution in [0.1, 0.15) is 10.4 Å². The van der Waals surface area contributed by atoms with Gasteiger partial charge in [-0.15, -0.1) is 0 Å². The Morgan fingerprint density at radius 3 is 2.29 bits per heavy atom. The molecule has 0 saturated heterocycles. The predicted octanol–water partition coefficient (Wildman–Crippen LogP) is 2.46. The van der Waals surface area contributed by atoms with E-state index in [4.69, 9.17) is 5.11 Å². The minimum atomic E-state index is -4.31. The Labute approximate surface area is 118 Å². The number of rotatable bonds is 4. The lowest BCUT2D eigenvalue weighted by Crippen LogP contribution is -2.15. The number of anilines is 1. The zero-order valence-electron chi connectivity index (χ0n) is 10.4. The molecule has 0 unspecified atom stereocenters. The van der Waals surface area contributed by atoms with Crippen molar-refractivity contribution in [2.45, 2.75) is 4.90 Å². The number of nitrogens with one attached hydrogen (secondary N) is 1. The van der Waals surface area contributed by atoms with Crippen molar-refractivity contribution < 1.29 is 27.1 Å². The summed E-state index contributed by atoms with van der Waals surface area (Å²) in [5.74, 6) is -3.40. The summed E-state index contributed by atoms with van der Waals surface area (Å²) in [6, 6.07) is 7.28. The molecule has 2 aromatic rings. The number of benzene rings is 2. The molecule has 110 valence electrons. The van der Waals surface area contributed by atoms with Gasteiger partial charge < -0.3 is 5.11 Å². The number of carboxylic acid groups (broad SMARTS) is 1. The predicted molar refractivity (Wildman–Crippen MR) is 70.6 cm³/mol. The number of hydrogen-bond donors (Lipinski definition) is 2. The minimum Gasteiger partial charge on any atom is -0.478 e.